The maximum Gasteiger partial charge on any atom is 0.182 e. The highest BCUT2D eigenvalue weighted by Gasteiger charge is 2.04. The molecule has 0 radical (unpaired) electrons. The van der Waals surface area contributed by atoms with Gasteiger partial charge in [-0.05, 0) is 12.8 Å². The Bertz CT molecular complexity index is 278. The Morgan fingerprint density at radius 2 is 2.47 bits per heavy atom. The van der Waals surface area contributed by atoms with Crippen LogP contribution < -0.4 is 5.32 Å². The minimum Gasteiger partial charge on any atom is -0.391 e. The third-order valence-corrected chi connectivity index (χ3v) is 2.88. The highest BCUT2D eigenvalue weighted by atomic mass is 32.1. The molecule has 1 heterocycles. The predicted octanol–water partition coefficient (Wildman–Crippen LogP) is 1.51. The fourth-order valence-electron chi connectivity index (χ4n) is 1.17. The highest BCUT2D eigenvalue weighted by Crippen LogP contribution is 2.15. The summed E-state index contributed by atoms with van der Waals surface area (Å²) in [5.74, 6) is 0. The van der Waals surface area contributed by atoms with Gasteiger partial charge in [-0.1, -0.05) is 6.92 Å². The number of aryl methyl sites for hydroxylation is 1. The van der Waals surface area contributed by atoms with E-state index in [9.17, 15) is 5.11 Å². The molecule has 0 aromatic carbocycles. The number of aromatic nitrogens is 1. The van der Waals surface area contributed by atoms with Crippen molar-refractivity contribution in [3.63, 3.8) is 0 Å². The van der Waals surface area contributed by atoms with E-state index in [0.717, 1.165) is 23.8 Å². The van der Waals surface area contributed by atoms with Gasteiger partial charge in [0.05, 0.1) is 18.4 Å². The molecule has 5 heteroatoms. The Morgan fingerprint density at radius 1 is 1.67 bits per heavy atom. The molecule has 1 rings (SSSR count). The minimum atomic E-state index is -0.395. The van der Waals surface area contributed by atoms with Crippen LogP contribution in [0.5, 0.6) is 0 Å². The molecule has 0 amide bonds. The van der Waals surface area contributed by atoms with Crippen LogP contribution in [0.2, 0.25) is 0 Å². The minimum absolute atomic E-state index is 0.389. The van der Waals surface area contributed by atoms with Crippen molar-refractivity contribution in [1.29, 1.82) is 0 Å². The summed E-state index contributed by atoms with van der Waals surface area (Å²) in [5, 5.41) is 15.6. The maximum atomic E-state index is 9.40. The number of rotatable bonds is 7. The smallest absolute Gasteiger partial charge is 0.182 e. The zero-order chi connectivity index (χ0) is 11.1. The molecule has 4 nitrogen and oxygen atoms in total. The van der Waals surface area contributed by atoms with E-state index in [1.54, 1.807) is 18.4 Å². The van der Waals surface area contributed by atoms with Gasteiger partial charge < -0.3 is 15.2 Å². The fraction of sp³-hybridized carbons (Fsp3) is 0.700. The standard InChI is InChI=1S/C10H18N2O2S/c1-3-8-7-15-10(12-8)11-5-4-9(13)6-14-2/h7,9,13H,3-6H2,1-2H3,(H,11,12). The summed E-state index contributed by atoms with van der Waals surface area (Å²) in [4.78, 5) is 4.37. The first-order valence-electron chi connectivity index (χ1n) is 5.11. The van der Waals surface area contributed by atoms with Gasteiger partial charge in [-0.2, -0.15) is 0 Å². The molecule has 0 saturated carbocycles. The molecule has 15 heavy (non-hydrogen) atoms. The molecule has 0 aliphatic rings. The summed E-state index contributed by atoms with van der Waals surface area (Å²) in [6.07, 6.45) is 1.24. The number of aliphatic hydroxyl groups is 1. The number of anilines is 1. The van der Waals surface area contributed by atoms with Crippen LogP contribution in [0.3, 0.4) is 0 Å². The number of aliphatic hydroxyl groups excluding tert-OH is 1. The number of hydrogen-bond acceptors (Lipinski definition) is 5. The fourth-order valence-corrected chi connectivity index (χ4v) is 1.99. The first kappa shape index (κ1) is 12.4. The summed E-state index contributed by atoms with van der Waals surface area (Å²) in [6, 6.07) is 0. The van der Waals surface area contributed by atoms with E-state index in [1.165, 1.54) is 0 Å². The van der Waals surface area contributed by atoms with E-state index in [4.69, 9.17) is 4.74 Å². The lowest BCUT2D eigenvalue weighted by Crippen LogP contribution is -2.18. The molecule has 0 bridgehead atoms. The van der Waals surface area contributed by atoms with E-state index in [0.29, 0.717) is 13.0 Å². The van der Waals surface area contributed by atoms with Crippen LogP contribution in [0.4, 0.5) is 5.13 Å². The van der Waals surface area contributed by atoms with Crippen molar-refractivity contribution in [2.75, 3.05) is 25.6 Å². The van der Waals surface area contributed by atoms with Gasteiger partial charge in [0.25, 0.3) is 0 Å². The van der Waals surface area contributed by atoms with E-state index < -0.39 is 6.10 Å². The first-order valence-corrected chi connectivity index (χ1v) is 5.99. The summed E-state index contributed by atoms with van der Waals surface area (Å²) in [7, 11) is 1.59. The SMILES string of the molecule is CCc1csc(NCCC(O)COC)n1. The van der Waals surface area contributed by atoms with Gasteiger partial charge in [0, 0.05) is 19.0 Å². The number of thiazole rings is 1. The zero-order valence-corrected chi connectivity index (χ0v) is 10.0. The van der Waals surface area contributed by atoms with Crippen molar-refractivity contribution in [3.8, 4) is 0 Å². The van der Waals surface area contributed by atoms with Crippen LogP contribution in [0, 0.1) is 0 Å². The molecule has 0 saturated heterocycles. The van der Waals surface area contributed by atoms with Crippen molar-refractivity contribution < 1.29 is 9.84 Å². The van der Waals surface area contributed by atoms with Gasteiger partial charge >= 0.3 is 0 Å². The Morgan fingerprint density at radius 3 is 3.07 bits per heavy atom. The van der Waals surface area contributed by atoms with Crippen LogP contribution in [0.1, 0.15) is 19.0 Å². The normalized spacial score (nSPS) is 12.7. The molecule has 2 N–H and O–H groups in total. The number of nitrogens with zero attached hydrogens (tertiary/aromatic N) is 1. The number of hydrogen-bond donors (Lipinski definition) is 2. The highest BCUT2D eigenvalue weighted by molar-refractivity contribution is 7.13. The largest absolute Gasteiger partial charge is 0.391 e. The molecule has 0 aliphatic carbocycles. The van der Waals surface area contributed by atoms with Crippen LogP contribution in [0.25, 0.3) is 0 Å². The lowest BCUT2D eigenvalue weighted by molar-refractivity contribution is 0.0615. The molecule has 0 spiro atoms. The van der Waals surface area contributed by atoms with E-state index >= 15 is 0 Å². The van der Waals surface area contributed by atoms with Crippen LogP contribution in [-0.4, -0.2) is 36.5 Å². The lowest BCUT2D eigenvalue weighted by Gasteiger charge is -2.08. The Labute approximate surface area is 94.3 Å². The second kappa shape index (κ2) is 6.76. The van der Waals surface area contributed by atoms with Crippen LogP contribution in [0.15, 0.2) is 5.38 Å². The van der Waals surface area contributed by atoms with Gasteiger partial charge in [-0.3, -0.25) is 0 Å². The van der Waals surface area contributed by atoms with Gasteiger partial charge in [-0.25, -0.2) is 4.98 Å². The van der Waals surface area contributed by atoms with Crippen molar-refractivity contribution >= 4 is 16.5 Å². The third kappa shape index (κ3) is 4.59. The van der Waals surface area contributed by atoms with Gasteiger partial charge in [0.1, 0.15) is 0 Å². The average Bonchev–Trinajstić information content (AvgIpc) is 2.66. The Kier molecular flexibility index (Phi) is 5.60. The maximum absolute atomic E-state index is 9.40. The van der Waals surface area contributed by atoms with Crippen molar-refractivity contribution in [2.45, 2.75) is 25.9 Å². The average molecular weight is 230 g/mol. The Balaban J connectivity index is 2.19. The molecular formula is C10H18N2O2S. The first-order chi connectivity index (χ1) is 7.26. The summed E-state index contributed by atoms with van der Waals surface area (Å²) < 4.78 is 4.84. The van der Waals surface area contributed by atoms with Crippen molar-refractivity contribution in [3.05, 3.63) is 11.1 Å². The summed E-state index contributed by atoms with van der Waals surface area (Å²) in [6.45, 7) is 3.20. The van der Waals surface area contributed by atoms with Gasteiger partial charge in [0.2, 0.25) is 0 Å². The summed E-state index contributed by atoms with van der Waals surface area (Å²) >= 11 is 1.60. The molecule has 0 aliphatic heterocycles. The molecule has 1 aromatic heterocycles. The topological polar surface area (TPSA) is 54.4 Å². The number of methoxy groups -OCH3 is 1. The molecule has 86 valence electrons. The quantitative estimate of drug-likeness (QED) is 0.745. The zero-order valence-electron chi connectivity index (χ0n) is 9.19. The number of nitrogens with one attached hydrogen (secondary N) is 1. The van der Waals surface area contributed by atoms with E-state index in [2.05, 4.69) is 17.2 Å². The molecule has 1 aromatic rings. The van der Waals surface area contributed by atoms with Crippen LogP contribution in [-0.2, 0) is 11.2 Å². The van der Waals surface area contributed by atoms with Gasteiger partial charge in [0.15, 0.2) is 5.13 Å². The molecule has 1 unspecified atom stereocenters. The lowest BCUT2D eigenvalue weighted by atomic mass is 10.3. The molecular weight excluding hydrogens is 212 g/mol. The van der Waals surface area contributed by atoms with Crippen molar-refractivity contribution in [1.82, 2.24) is 4.98 Å². The van der Waals surface area contributed by atoms with E-state index in [-0.39, 0.29) is 0 Å². The van der Waals surface area contributed by atoms with E-state index in [1.807, 2.05) is 5.38 Å². The van der Waals surface area contributed by atoms with Crippen molar-refractivity contribution in [2.24, 2.45) is 0 Å². The second-order valence-electron chi connectivity index (χ2n) is 3.32. The van der Waals surface area contributed by atoms with Crippen LogP contribution >= 0.6 is 11.3 Å². The monoisotopic (exact) mass is 230 g/mol. The Hall–Kier alpha value is -0.650. The summed E-state index contributed by atoms with van der Waals surface area (Å²) in [5.41, 5.74) is 1.11. The molecule has 1 atom stereocenters. The predicted molar refractivity (Wildman–Crippen MR) is 62.5 cm³/mol. The van der Waals surface area contributed by atoms with Gasteiger partial charge in [-0.15, -0.1) is 11.3 Å². The number of ether oxygens (including phenoxy) is 1. The molecule has 0 fully saturated rings. The second-order valence-corrected chi connectivity index (χ2v) is 4.18. The third-order valence-electron chi connectivity index (χ3n) is 2.03.